The van der Waals surface area contributed by atoms with E-state index in [0.29, 0.717) is 18.1 Å². The van der Waals surface area contributed by atoms with E-state index in [-0.39, 0.29) is 5.82 Å². The number of fused-ring (bicyclic) bond motifs is 3. The minimum Gasteiger partial charge on any atom is -0.375 e. The molecule has 136 valence electrons. The molecule has 5 rings (SSSR count). The second kappa shape index (κ2) is 6.71. The van der Waals surface area contributed by atoms with Gasteiger partial charge >= 0.3 is 0 Å². The highest BCUT2D eigenvalue weighted by Crippen LogP contribution is 2.35. The number of nitrogens with one attached hydrogen (secondary N) is 2. The maximum absolute atomic E-state index is 13.2. The molecule has 2 aliphatic rings. The molecule has 1 aromatic heterocycles. The van der Waals surface area contributed by atoms with E-state index in [2.05, 4.69) is 27.4 Å². The highest BCUT2D eigenvalue weighted by Gasteiger charge is 2.34. The van der Waals surface area contributed by atoms with Gasteiger partial charge in [0.1, 0.15) is 5.82 Å². The second-order valence-electron chi connectivity index (χ2n) is 7.38. The average molecular weight is 361 g/mol. The van der Waals surface area contributed by atoms with Crippen molar-refractivity contribution in [3.63, 3.8) is 0 Å². The first-order valence-corrected chi connectivity index (χ1v) is 9.40. The normalized spacial score (nSPS) is 23.8. The van der Waals surface area contributed by atoms with Gasteiger partial charge in [0.25, 0.3) is 0 Å². The number of nitrogens with zero attached hydrogens (tertiary/aromatic N) is 1. The zero-order valence-electron chi connectivity index (χ0n) is 14.8. The molecular formula is C22H20FN3O. The summed E-state index contributed by atoms with van der Waals surface area (Å²) in [4.78, 5) is 0. The van der Waals surface area contributed by atoms with Gasteiger partial charge in [-0.1, -0.05) is 11.8 Å². The molecule has 0 saturated carbocycles. The molecule has 0 amide bonds. The molecule has 5 heteroatoms. The highest BCUT2D eigenvalue weighted by molar-refractivity contribution is 5.86. The smallest absolute Gasteiger partial charge is 0.123 e. The lowest BCUT2D eigenvalue weighted by Crippen LogP contribution is -2.23. The predicted octanol–water partition coefficient (Wildman–Crippen LogP) is 4.75. The van der Waals surface area contributed by atoms with Crippen molar-refractivity contribution in [2.45, 2.75) is 37.9 Å². The van der Waals surface area contributed by atoms with Crippen molar-refractivity contribution < 1.29 is 9.13 Å². The molecule has 2 unspecified atom stereocenters. The van der Waals surface area contributed by atoms with Crippen LogP contribution in [0.15, 0.2) is 42.6 Å². The summed E-state index contributed by atoms with van der Waals surface area (Å²) in [5.74, 6) is 6.97. The fourth-order valence-electron chi connectivity index (χ4n) is 4.04. The molecule has 2 N–H and O–H groups in total. The quantitative estimate of drug-likeness (QED) is 0.648. The topological polar surface area (TPSA) is 49.9 Å². The molecule has 4 nitrogen and oxygen atoms in total. The van der Waals surface area contributed by atoms with E-state index in [1.807, 2.05) is 12.1 Å². The van der Waals surface area contributed by atoms with E-state index in [1.165, 1.54) is 25.0 Å². The van der Waals surface area contributed by atoms with E-state index in [0.717, 1.165) is 40.7 Å². The van der Waals surface area contributed by atoms with Crippen LogP contribution in [0, 0.1) is 23.6 Å². The van der Waals surface area contributed by atoms with Gasteiger partial charge < -0.3 is 10.1 Å². The van der Waals surface area contributed by atoms with Gasteiger partial charge in [0.2, 0.25) is 0 Å². The van der Waals surface area contributed by atoms with Crippen molar-refractivity contribution in [3.05, 3.63) is 54.0 Å². The van der Waals surface area contributed by atoms with Crippen LogP contribution >= 0.6 is 0 Å². The first-order chi connectivity index (χ1) is 13.2. The Hall–Kier alpha value is -2.84. The number of hydrogen-bond donors (Lipinski definition) is 2. The Balaban J connectivity index is 1.47. The van der Waals surface area contributed by atoms with Gasteiger partial charge in [0.15, 0.2) is 0 Å². The molecule has 27 heavy (non-hydrogen) atoms. The molecule has 2 aromatic carbocycles. The lowest BCUT2D eigenvalue weighted by molar-refractivity contribution is -0.00796. The van der Waals surface area contributed by atoms with Crippen molar-refractivity contribution >= 4 is 22.3 Å². The number of benzene rings is 2. The molecule has 3 aromatic rings. The van der Waals surface area contributed by atoms with E-state index in [1.54, 1.807) is 18.3 Å². The second-order valence-corrected chi connectivity index (χ2v) is 7.38. The molecule has 0 spiro atoms. The van der Waals surface area contributed by atoms with Crippen molar-refractivity contribution in [1.82, 2.24) is 10.2 Å². The van der Waals surface area contributed by atoms with Crippen molar-refractivity contribution in [2.24, 2.45) is 5.92 Å². The van der Waals surface area contributed by atoms with Crippen LogP contribution < -0.4 is 5.32 Å². The van der Waals surface area contributed by atoms with Crippen LogP contribution in [-0.2, 0) is 4.74 Å². The van der Waals surface area contributed by atoms with Gasteiger partial charge in [-0.05, 0) is 62.1 Å². The summed E-state index contributed by atoms with van der Waals surface area (Å²) >= 11 is 0. The van der Waals surface area contributed by atoms with Crippen molar-refractivity contribution in [2.75, 3.05) is 5.32 Å². The van der Waals surface area contributed by atoms with E-state index >= 15 is 0 Å². The number of aromatic amines is 1. The van der Waals surface area contributed by atoms with Gasteiger partial charge in [-0.15, -0.1) is 0 Å². The number of rotatable bonds is 2. The maximum atomic E-state index is 13.2. The summed E-state index contributed by atoms with van der Waals surface area (Å²) in [6, 6.07) is 10.4. The zero-order valence-corrected chi connectivity index (χ0v) is 14.8. The Morgan fingerprint density at radius 1 is 1.11 bits per heavy atom. The first-order valence-electron chi connectivity index (χ1n) is 9.40. The zero-order chi connectivity index (χ0) is 18.2. The molecule has 0 aliphatic carbocycles. The van der Waals surface area contributed by atoms with Crippen LogP contribution in [0.2, 0.25) is 0 Å². The fourth-order valence-corrected chi connectivity index (χ4v) is 4.04. The van der Waals surface area contributed by atoms with Crippen LogP contribution in [0.3, 0.4) is 0 Å². The summed E-state index contributed by atoms with van der Waals surface area (Å²) in [6.07, 6.45) is 6.94. The van der Waals surface area contributed by atoms with Crippen molar-refractivity contribution in [1.29, 1.82) is 0 Å². The van der Waals surface area contributed by atoms with Crippen LogP contribution in [0.5, 0.6) is 0 Å². The third-order valence-electron chi connectivity index (χ3n) is 5.40. The Kier molecular flexibility index (Phi) is 4.06. The Morgan fingerprint density at radius 3 is 2.67 bits per heavy atom. The molecule has 3 heterocycles. The van der Waals surface area contributed by atoms with Crippen LogP contribution in [0.1, 0.15) is 31.2 Å². The minimum atomic E-state index is -0.250. The van der Waals surface area contributed by atoms with Gasteiger partial charge in [-0.2, -0.15) is 5.10 Å². The summed E-state index contributed by atoms with van der Waals surface area (Å²) in [5, 5.41) is 11.5. The Bertz CT molecular complexity index is 1020. The van der Waals surface area contributed by atoms with Gasteiger partial charge in [-0.25, -0.2) is 4.39 Å². The van der Waals surface area contributed by atoms with E-state index < -0.39 is 0 Å². The van der Waals surface area contributed by atoms with Gasteiger partial charge in [0.05, 0.1) is 35.2 Å². The first kappa shape index (κ1) is 16.3. The molecule has 2 aliphatic heterocycles. The lowest BCUT2D eigenvalue weighted by Gasteiger charge is -2.24. The Morgan fingerprint density at radius 2 is 1.89 bits per heavy atom. The SMILES string of the molecule is Fc1ccc(Nc2cc3cn[nH]c3cc2C#CC2CC3CCC(C2)O3)cc1. The molecule has 2 bridgehead atoms. The average Bonchev–Trinajstić information content (AvgIpc) is 3.27. The van der Waals surface area contributed by atoms with Crippen LogP contribution in [0.25, 0.3) is 10.9 Å². The largest absolute Gasteiger partial charge is 0.375 e. The summed E-state index contributed by atoms with van der Waals surface area (Å²) in [7, 11) is 0. The standard InChI is InChI=1S/C22H20FN3O/c23-17-3-5-18(6-4-17)25-21-12-16-13-24-26-22(16)11-15(21)2-1-14-9-19-7-8-20(10-14)27-19/h3-6,11-14,19-20,25H,7-10H2,(H,24,26). The minimum absolute atomic E-state index is 0.250. The number of H-pyrrole nitrogens is 1. The van der Waals surface area contributed by atoms with E-state index in [9.17, 15) is 4.39 Å². The Labute approximate surface area is 157 Å². The molecular weight excluding hydrogens is 341 g/mol. The predicted molar refractivity (Wildman–Crippen MR) is 103 cm³/mol. The maximum Gasteiger partial charge on any atom is 0.123 e. The fraction of sp³-hybridized carbons (Fsp3) is 0.318. The number of hydrogen-bond acceptors (Lipinski definition) is 3. The summed E-state index contributed by atoms with van der Waals surface area (Å²) in [5.41, 5.74) is 3.59. The molecule has 2 fully saturated rings. The summed E-state index contributed by atoms with van der Waals surface area (Å²) < 4.78 is 19.1. The number of halogens is 1. The number of ether oxygens (including phenoxy) is 1. The molecule has 2 saturated heterocycles. The third kappa shape index (κ3) is 3.41. The molecule has 0 radical (unpaired) electrons. The van der Waals surface area contributed by atoms with Crippen LogP contribution in [0.4, 0.5) is 15.8 Å². The van der Waals surface area contributed by atoms with E-state index in [4.69, 9.17) is 4.74 Å². The number of aromatic nitrogens is 2. The molecule has 2 atom stereocenters. The summed E-state index contributed by atoms with van der Waals surface area (Å²) in [6.45, 7) is 0. The van der Waals surface area contributed by atoms with Gasteiger partial charge in [-0.3, -0.25) is 5.10 Å². The highest BCUT2D eigenvalue weighted by atomic mass is 19.1. The van der Waals surface area contributed by atoms with Crippen LogP contribution in [-0.4, -0.2) is 22.4 Å². The third-order valence-corrected chi connectivity index (χ3v) is 5.40. The lowest BCUT2D eigenvalue weighted by atomic mass is 9.95. The van der Waals surface area contributed by atoms with Gasteiger partial charge in [0, 0.05) is 17.0 Å². The monoisotopic (exact) mass is 361 g/mol. The van der Waals surface area contributed by atoms with Crippen molar-refractivity contribution in [3.8, 4) is 11.8 Å². The number of anilines is 2.